The molecule has 0 aliphatic carbocycles. The van der Waals surface area contributed by atoms with E-state index >= 15 is 0 Å². The Morgan fingerprint density at radius 3 is 2.18 bits per heavy atom. The van der Waals surface area contributed by atoms with E-state index < -0.39 is 5.25 Å². The Balaban J connectivity index is 1.81. The quantitative estimate of drug-likeness (QED) is 0.552. The molecule has 28 heavy (non-hydrogen) atoms. The first kappa shape index (κ1) is 19.7. The minimum Gasteiger partial charge on any atom is -0.326 e. The van der Waals surface area contributed by atoms with Crippen molar-refractivity contribution in [1.82, 2.24) is 0 Å². The molecule has 0 saturated heterocycles. The minimum absolute atomic E-state index is 0.0762. The van der Waals surface area contributed by atoms with Gasteiger partial charge in [0.15, 0.2) is 0 Å². The number of thioether (sulfide) groups is 1. The molecule has 4 nitrogen and oxygen atoms in total. The van der Waals surface area contributed by atoms with E-state index in [2.05, 4.69) is 10.6 Å². The van der Waals surface area contributed by atoms with E-state index in [0.717, 1.165) is 27.4 Å². The van der Waals surface area contributed by atoms with Gasteiger partial charge in [-0.2, -0.15) is 0 Å². The number of hydrogen-bond donors (Lipinski definition) is 2. The molecule has 3 aromatic carbocycles. The Bertz CT molecular complexity index is 956. The Labute approximate surface area is 169 Å². The fraction of sp³-hybridized carbons (Fsp3) is 0.130. The van der Waals surface area contributed by atoms with Crippen LogP contribution in [0.2, 0.25) is 0 Å². The Hall–Kier alpha value is -3.05. The molecule has 5 heteroatoms. The average molecular weight is 391 g/mol. The number of rotatable bonds is 6. The fourth-order valence-corrected chi connectivity index (χ4v) is 3.81. The van der Waals surface area contributed by atoms with Crippen LogP contribution in [0, 0.1) is 6.92 Å². The molecule has 0 heterocycles. The van der Waals surface area contributed by atoms with Gasteiger partial charge < -0.3 is 10.6 Å². The zero-order valence-corrected chi connectivity index (χ0v) is 16.6. The summed E-state index contributed by atoms with van der Waals surface area (Å²) >= 11 is 1.48. The summed E-state index contributed by atoms with van der Waals surface area (Å²) in [5.74, 6) is -0.187. The van der Waals surface area contributed by atoms with Crippen molar-refractivity contribution in [3.8, 4) is 0 Å². The maximum Gasteiger partial charge on any atom is 0.242 e. The summed E-state index contributed by atoms with van der Waals surface area (Å²) in [4.78, 5) is 25.2. The fourth-order valence-electron chi connectivity index (χ4n) is 2.79. The average Bonchev–Trinajstić information content (AvgIpc) is 2.67. The van der Waals surface area contributed by atoms with E-state index in [0.29, 0.717) is 0 Å². The van der Waals surface area contributed by atoms with Crippen molar-refractivity contribution in [3.63, 3.8) is 0 Å². The monoisotopic (exact) mass is 390 g/mol. The first-order valence-electron chi connectivity index (χ1n) is 8.98. The highest BCUT2D eigenvalue weighted by molar-refractivity contribution is 8.00. The summed E-state index contributed by atoms with van der Waals surface area (Å²) < 4.78 is 0. The van der Waals surface area contributed by atoms with Crippen LogP contribution >= 0.6 is 11.8 Å². The lowest BCUT2D eigenvalue weighted by molar-refractivity contribution is -0.116. The molecule has 0 radical (unpaired) electrons. The molecule has 0 fully saturated rings. The predicted octanol–water partition coefficient (Wildman–Crippen LogP) is 5.43. The molecule has 1 atom stereocenters. The SMILES string of the molecule is CC(=O)Nc1ccc(SC(C(=O)Nc2cccc(C)c2)c2ccccc2)cc1. The molecule has 2 N–H and O–H groups in total. The lowest BCUT2D eigenvalue weighted by Crippen LogP contribution is -2.19. The van der Waals surface area contributed by atoms with Crippen LogP contribution in [0.5, 0.6) is 0 Å². The normalized spacial score (nSPS) is 11.5. The van der Waals surface area contributed by atoms with Gasteiger partial charge in [0.2, 0.25) is 11.8 Å². The van der Waals surface area contributed by atoms with E-state index in [-0.39, 0.29) is 11.8 Å². The zero-order chi connectivity index (χ0) is 19.9. The summed E-state index contributed by atoms with van der Waals surface area (Å²) in [5.41, 5.74) is 3.55. The van der Waals surface area contributed by atoms with Gasteiger partial charge in [0.05, 0.1) is 0 Å². The molecule has 3 aromatic rings. The van der Waals surface area contributed by atoms with E-state index in [1.54, 1.807) is 0 Å². The topological polar surface area (TPSA) is 58.2 Å². The van der Waals surface area contributed by atoms with Crippen molar-refractivity contribution in [3.05, 3.63) is 90.0 Å². The standard InChI is InChI=1S/C23H22N2O2S/c1-16-7-6-10-20(15-16)25-23(27)22(18-8-4-3-5-9-18)28-21-13-11-19(12-14-21)24-17(2)26/h3-15,22H,1-2H3,(H,24,26)(H,25,27). The maximum absolute atomic E-state index is 13.1. The molecule has 0 spiro atoms. The van der Waals surface area contributed by atoms with Crippen LogP contribution in [-0.4, -0.2) is 11.8 Å². The Kier molecular flexibility index (Phi) is 6.50. The van der Waals surface area contributed by atoms with Crippen molar-refractivity contribution >= 4 is 35.0 Å². The van der Waals surface area contributed by atoms with Gasteiger partial charge in [-0.1, -0.05) is 42.5 Å². The van der Waals surface area contributed by atoms with Gasteiger partial charge in [-0.05, 0) is 54.4 Å². The third kappa shape index (κ3) is 5.47. The third-order valence-corrected chi connectivity index (χ3v) is 5.32. The van der Waals surface area contributed by atoms with Gasteiger partial charge in [-0.15, -0.1) is 11.8 Å². The number of hydrogen-bond acceptors (Lipinski definition) is 3. The maximum atomic E-state index is 13.1. The van der Waals surface area contributed by atoms with Crippen LogP contribution in [0.15, 0.2) is 83.8 Å². The number of aryl methyl sites for hydroxylation is 1. The smallest absolute Gasteiger partial charge is 0.242 e. The van der Waals surface area contributed by atoms with Crippen LogP contribution in [0.3, 0.4) is 0 Å². The molecule has 1 unspecified atom stereocenters. The van der Waals surface area contributed by atoms with Crippen molar-refractivity contribution in [2.45, 2.75) is 24.0 Å². The molecule has 142 valence electrons. The molecule has 2 amide bonds. The lowest BCUT2D eigenvalue weighted by atomic mass is 10.1. The molecule has 0 aliphatic heterocycles. The highest BCUT2D eigenvalue weighted by Gasteiger charge is 2.22. The van der Waals surface area contributed by atoms with Crippen molar-refractivity contribution < 1.29 is 9.59 Å². The first-order valence-corrected chi connectivity index (χ1v) is 9.86. The van der Waals surface area contributed by atoms with E-state index in [1.165, 1.54) is 18.7 Å². The highest BCUT2D eigenvalue weighted by atomic mass is 32.2. The van der Waals surface area contributed by atoms with Crippen LogP contribution in [-0.2, 0) is 9.59 Å². The number of benzene rings is 3. The number of carbonyl (C=O) groups excluding carboxylic acids is 2. The van der Waals surface area contributed by atoms with Crippen molar-refractivity contribution in [1.29, 1.82) is 0 Å². The first-order chi connectivity index (χ1) is 13.5. The van der Waals surface area contributed by atoms with Crippen LogP contribution in [0.4, 0.5) is 11.4 Å². The summed E-state index contributed by atoms with van der Waals surface area (Å²) in [5, 5.41) is 5.38. The van der Waals surface area contributed by atoms with Gasteiger partial charge >= 0.3 is 0 Å². The van der Waals surface area contributed by atoms with Crippen LogP contribution in [0.1, 0.15) is 23.3 Å². The Morgan fingerprint density at radius 2 is 1.54 bits per heavy atom. The molecule has 0 bridgehead atoms. The van der Waals surface area contributed by atoms with Gasteiger partial charge in [-0.3, -0.25) is 9.59 Å². The molecule has 0 aromatic heterocycles. The largest absolute Gasteiger partial charge is 0.326 e. The number of carbonyl (C=O) groups is 2. The van der Waals surface area contributed by atoms with Gasteiger partial charge in [0, 0.05) is 23.2 Å². The summed E-state index contributed by atoms with van der Waals surface area (Å²) in [6.45, 7) is 3.47. The lowest BCUT2D eigenvalue weighted by Gasteiger charge is -2.17. The zero-order valence-electron chi connectivity index (χ0n) is 15.8. The van der Waals surface area contributed by atoms with E-state index in [4.69, 9.17) is 0 Å². The van der Waals surface area contributed by atoms with Gasteiger partial charge in [-0.25, -0.2) is 0 Å². The molecular formula is C23H22N2O2S. The van der Waals surface area contributed by atoms with Crippen molar-refractivity contribution in [2.24, 2.45) is 0 Å². The second kappa shape index (κ2) is 9.24. The molecule has 3 rings (SSSR count). The summed E-state index contributed by atoms with van der Waals surface area (Å²) in [7, 11) is 0. The van der Waals surface area contributed by atoms with Crippen LogP contribution in [0.25, 0.3) is 0 Å². The number of amides is 2. The summed E-state index contributed by atoms with van der Waals surface area (Å²) in [6, 6.07) is 25.0. The highest BCUT2D eigenvalue weighted by Crippen LogP contribution is 2.36. The second-order valence-corrected chi connectivity index (χ2v) is 7.65. The molecular weight excluding hydrogens is 368 g/mol. The summed E-state index contributed by atoms with van der Waals surface area (Å²) in [6.07, 6.45) is 0. The predicted molar refractivity (Wildman–Crippen MR) is 116 cm³/mol. The number of nitrogens with one attached hydrogen (secondary N) is 2. The Morgan fingerprint density at radius 1 is 0.821 bits per heavy atom. The second-order valence-electron chi connectivity index (χ2n) is 6.47. The minimum atomic E-state index is -0.395. The number of anilines is 2. The molecule has 0 aliphatic rings. The molecule has 0 saturated carbocycles. The van der Waals surface area contributed by atoms with E-state index in [1.807, 2.05) is 85.8 Å². The van der Waals surface area contributed by atoms with Gasteiger partial charge in [0.1, 0.15) is 5.25 Å². The van der Waals surface area contributed by atoms with E-state index in [9.17, 15) is 9.59 Å². The van der Waals surface area contributed by atoms with Crippen LogP contribution < -0.4 is 10.6 Å². The van der Waals surface area contributed by atoms with Gasteiger partial charge in [0.25, 0.3) is 0 Å². The third-order valence-electron chi connectivity index (χ3n) is 4.05. The van der Waals surface area contributed by atoms with Crippen molar-refractivity contribution in [2.75, 3.05) is 10.6 Å².